The van der Waals surface area contributed by atoms with Gasteiger partial charge in [0.25, 0.3) is 0 Å². The molecule has 7 nitrogen and oxygen atoms in total. The first-order chi connectivity index (χ1) is 17.2. The van der Waals surface area contributed by atoms with Gasteiger partial charge in [-0.25, -0.2) is 0 Å². The van der Waals surface area contributed by atoms with Gasteiger partial charge >= 0.3 is 0 Å². The fourth-order valence-electron chi connectivity index (χ4n) is 4.40. The molecule has 1 amide bonds. The van der Waals surface area contributed by atoms with Crippen LogP contribution >= 0.6 is 11.8 Å². The Morgan fingerprint density at radius 2 is 1.86 bits per heavy atom. The maximum absolute atomic E-state index is 13.7. The number of para-hydroxylation sites is 1. The highest BCUT2D eigenvalue weighted by molar-refractivity contribution is 7.98. The van der Waals surface area contributed by atoms with Crippen molar-refractivity contribution in [3.05, 3.63) is 66.2 Å². The summed E-state index contributed by atoms with van der Waals surface area (Å²) in [5, 5.41) is 11.2. The van der Waals surface area contributed by atoms with Crippen molar-refractivity contribution in [1.29, 1.82) is 0 Å². The lowest BCUT2D eigenvalue weighted by atomic mass is 10.00. The van der Waals surface area contributed by atoms with E-state index in [0.29, 0.717) is 47.6 Å². The van der Waals surface area contributed by atoms with Crippen molar-refractivity contribution >= 4 is 34.1 Å². The van der Waals surface area contributed by atoms with Crippen LogP contribution in [0.4, 0.5) is 5.69 Å². The number of anilines is 1. The smallest absolute Gasteiger partial charge is 0.247 e. The highest BCUT2D eigenvalue weighted by Gasteiger charge is 2.38. The van der Waals surface area contributed by atoms with Crippen LogP contribution in [-0.2, 0) is 4.79 Å². The Balaban J connectivity index is 1.83. The number of carbonyl (C=O) groups is 1. The van der Waals surface area contributed by atoms with Crippen molar-refractivity contribution in [2.75, 3.05) is 17.8 Å². The van der Waals surface area contributed by atoms with Gasteiger partial charge in [-0.1, -0.05) is 67.2 Å². The van der Waals surface area contributed by atoms with Crippen molar-refractivity contribution in [1.82, 2.24) is 15.2 Å². The molecular weight excluding hydrogens is 460 g/mol. The Kier molecular flexibility index (Phi) is 6.55. The third kappa shape index (κ3) is 4.18. The zero-order valence-electron chi connectivity index (χ0n) is 19.9. The molecule has 1 aliphatic heterocycles. The maximum atomic E-state index is 13.7. The van der Waals surface area contributed by atoms with E-state index in [1.807, 2.05) is 80.8 Å². The molecule has 35 heavy (non-hydrogen) atoms. The Labute approximate surface area is 208 Å². The van der Waals surface area contributed by atoms with Gasteiger partial charge in [0.15, 0.2) is 5.69 Å². The first kappa shape index (κ1) is 23.1. The van der Waals surface area contributed by atoms with Crippen molar-refractivity contribution in [2.24, 2.45) is 0 Å². The van der Waals surface area contributed by atoms with E-state index in [0.717, 1.165) is 21.9 Å². The second-order valence-corrected chi connectivity index (χ2v) is 8.86. The summed E-state index contributed by atoms with van der Waals surface area (Å²) >= 11 is 1.39. The molecule has 5 rings (SSSR count). The third-order valence-electron chi connectivity index (χ3n) is 5.90. The number of thioether (sulfide) groups is 1. The molecule has 0 saturated heterocycles. The molecule has 178 valence electrons. The molecule has 0 radical (unpaired) electrons. The van der Waals surface area contributed by atoms with E-state index in [1.54, 1.807) is 4.90 Å². The van der Waals surface area contributed by atoms with E-state index in [4.69, 9.17) is 9.47 Å². The second kappa shape index (κ2) is 9.92. The largest absolute Gasteiger partial charge is 0.493 e. The van der Waals surface area contributed by atoms with E-state index >= 15 is 0 Å². The molecule has 0 spiro atoms. The zero-order chi connectivity index (χ0) is 24.4. The number of hydrogen-bond donors (Lipinski definition) is 0. The van der Waals surface area contributed by atoms with Gasteiger partial charge in [-0.2, -0.15) is 4.98 Å². The summed E-state index contributed by atoms with van der Waals surface area (Å²) in [6.07, 6.45) is 2.16. The maximum Gasteiger partial charge on any atom is 0.247 e. The summed E-state index contributed by atoms with van der Waals surface area (Å²) in [4.78, 5) is 20.1. The number of nitrogens with zero attached hydrogens (tertiary/aromatic N) is 4. The number of amides is 1. The normalized spacial score (nSPS) is 14.6. The van der Waals surface area contributed by atoms with Crippen LogP contribution in [0.1, 0.15) is 38.5 Å². The minimum absolute atomic E-state index is 0.0498. The van der Waals surface area contributed by atoms with E-state index in [2.05, 4.69) is 15.2 Å². The van der Waals surface area contributed by atoms with Crippen molar-refractivity contribution in [3.63, 3.8) is 0 Å². The van der Waals surface area contributed by atoms with Crippen LogP contribution in [0, 0.1) is 0 Å². The van der Waals surface area contributed by atoms with Gasteiger partial charge in [0.1, 0.15) is 5.75 Å². The second-order valence-electron chi connectivity index (χ2n) is 8.08. The van der Waals surface area contributed by atoms with Crippen LogP contribution in [0.2, 0.25) is 0 Å². The highest BCUT2D eigenvalue weighted by atomic mass is 32.2. The lowest BCUT2D eigenvalue weighted by Crippen LogP contribution is -2.38. The van der Waals surface area contributed by atoms with Crippen LogP contribution in [0.25, 0.3) is 22.0 Å². The zero-order valence-corrected chi connectivity index (χ0v) is 20.7. The molecule has 1 atom stereocenters. The summed E-state index contributed by atoms with van der Waals surface area (Å²) in [6, 6.07) is 19.7. The predicted octanol–water partition coefficient (Wildman–Crippen LogP) is 6.04. The topological polar surface area (TPSA) is 77.4 Å². The summed E-state index contributed by atoms with van der Waals surface area (Å²) in [5.74, 6) is 0.953. The van der Waals surface area contributed by atoms with Gasteiger partial charge in [0.2, 0.25) is 23.2 Å². The van der Waals surface area contributed by atoms with Crippen molar-refractivity contribution in [3.8, 4) is 22.9 Å². The predicted molar refractivity (Wildman–Crippen MR) is 138 cm³/mol. The molecular formula is C27H26N4O3S. The number of carbonyl (C=O) groups excluding carboxylic acids is 1. The average molecular weight is 487 g/mol. The molecule has 0 aliphatic carbocycles. The summed E-state index contributed by atoms with van der Waals surface area (Å²) in [6.45, 7) is 4.42. The van der Waals surface area contributed by atoms with Gasteiger partial charge in [-0.3, -0.25) is 9.69 Å². The number of fused-ring (bicyclic) bond motifs is 4. The van der Waals surface area contributed by atoms with Crippen LogP contribution in [-0.4, -0.2) is 34.0 Å². The lowest BCUT2D eigenvalue weighted by molar-refractivity contribution is -0.120. The Bertz CT molecular complexity index is 1390. The lowest BCUT2D eigenvalue weighted by Gasteiger charge is -2.32. The van der Waals surface area contributed by atoms with E-state index in [-0.39, 0.29) is 5.91 Å². The van der Waals surface area contributed by atoms with Gasteiger partial charge in [-0.05, 0) is 42.5 Å². The standard InChI is InChI=1S/C27H26N4O3S/c1-4-10-22(32)31-20-14-9-8-13-19(20)24-25(28-27(35-3)30-29-24)34-26(31)23-18-12-7-6-11-17(18)15-16-21(23)33-5-2/h6-9,11-16,26H,4-5,10H2,1-3H3/t26-/m0/s1. The third-order valence-corrected chi connectivity index (χ3v) is 6.44. The Hall–Kier alpha value is -3.65. The van der Waals surface area contributed by atoms with E-state index in [9.17, 15) is 4.79 Å². The molecule has 0 N–H and O–H groups in total. The van der Waals surface area contributed by atoms with Gasteiger partial charge in [0, 0.05) is 12.0 Å². The molecule has 2 heterocycles. The summed E-state index contributed by atoms with van der Waals surface area (Å²) in [7, 11) is 0. The van der Waals surface area contributed by atoms with Crippen LogP contribution in [0.15, 0.2) is 65.8 Å². The molecule has 1 aromatic heterocycles. The number of hydrogen-bond acceptors (Lipinski definition) is 7. The Morgan fingerprint density at radius 3 is 2.66 bits per heavy atom. The van der Waals surface area contributed by atoms with Gasteiger partial charge < -0.3 is 9.47 Å². The van der Waals surface area contributed by atoms with E-state index < -0.39 is 6.23 Å². The minimum Gasteiger partial charge on any atom is -0.493 e. The highest BCUT2D eigenvalue weighted by Crippen LogP contribution is 2.46. The quantitative estimate of drug-likeness (QED) is 0.308. The van der Waals surface area contributed by atoms with Crippen molar-refractivity contribution < 1.29 is 14.3 Å². The number of ether oxygens (including phenoxy) is 2. The van der Waals surface area contributed by atoms with Gasteiger partial charge in [0.05, 0.1) is 17.9 Å². The molecule has 0 unspecified atom stereocenters. The number of aromatic nitrogens is 3. The molecule has 0 saturated carbocycles. The summed E-state index contributed by atoms with van der Waals surface area (Å²) < 4.78 is 12.7. The Morgan fingerprint density at radius 1 is 1.06 bits per heavy atom. The molecule has 0 bridgehead atoms. The van der Waals surface area contributed by atoms with Gasteiger partial charge in [-0.15, -0.1) is 10.2 Å². The number of benzene rings is 3. The molecule has 8 heteroatoms. The fourth-order valence-corrected chi connectivity index (χ4v) is 4.70. The van der Waals surface area contributed by atoms with E-state index in [1.165, 1.54) is 11.8 Å². The van der Waals surface area contributed by atoms with Crippen LogP contribution in [0.5, 0.6) is 11.6 Å². The SMILES string of the molecule is CCCC(=O)N1c2ccccc2-c2nnc(SC)nc2O[C@H]1c1c(OCC)ccc2ccccc12. The first-order valence-corrected chi connectivity index (χ1v) is 12.9. The molecule has 0 fully saturated rings. The number of rotatable bonds is 6. The van der Waals surface area contributed by atoms with Crippen molar-refractivity contribution in [2.45, 2.75) is 38.1 Å². The monoisotopic (exact) mass is 486 g/mol. The molecule has 4 aromatic rings. The van der Waals surface area contributed by atoms with Crippen LogP contribution in [0.3, 0.4) is 0 Å². The average Bonchev–Trinajstić information content (AvgIpc) is 3.03. The van der Waals surface area contributed by atoms with Crippen LogP contribution < -0.4 is 14.4 Å². The fraction of sp³-hybridized carbons (Fsp3) is 0.259. The molecule has 3 aromatic carbocycles. The molecule has 1 aliphatic rings. The first-order valence-electron chi connectivity index (χ1n) is 11.7. The summed E-state index contributed by atoms with van der Waals surface area (Å²) in [5.41, 5.74) is 2.74. The minimum atomic E-state index is -0.810.